The Kier molecular flexibility index (Phi) is 3.71. The van der Waals surface area contributed by atoms with Gasteiger partial charge in [0.1, 0.15) is 4.21 Å². The molecule has 4 nitrogen and oxygen atoms in total. The Morgan fingerprint density at radius 2 is 2.06 bits per heavy atom. The number of nitrogens with two attached hydrogens (primary N) is 1. The van der Waals surface area contributed by atoms with Crippen LogP contribution >= 0.6 is 11.3 Å². The zero-order chi connectivity index (χ0) is 13.4. The van der Waals surface area contributed by atoms with E-state index in [4.69, 9.17) is 5.73 Å². The molecule has 102 valence electrons. The first-order valence-corrected chi connectivity index (χ1v) is 8.47. The molecule has 1 fully saturated rings. The molecule has 2 N–H and O–H groups in total. The van der Waals surface area contributed by atoms with E-state index in [9.17, 15) is 8.42 Å². The van der Waals surface area contributed by atoms with Crippen molar-refractivity contribution in [2.45, 2.75) is 37.3 Å². The third-order valence-corrected chi connectivity index (χ3v) is 6.82. The summed E-state index contributed by atoms with van der Waals surface area (Å²) < 4.78 is 26.9. The Morgan fingerprint density at radius 3 is 2.67 bits per heavy atom. The second kappa shape index (κ2) is 4.83. The monoisotopic (exact) mass is 288 g/mol. The minimum absolute atomic E-state index is 0.235. The molecule has 1 aromatic heterocycles. The molecular formula is C12H20N2O2S2. The van der Waals surface area contributed by atoms with Gasteiger partial charge in [-0.1, -0.05) is 13.8 Å². The van der Waals surface area contributed by atoms with Crippen LogP contribution in [0, 0.1) is 5.41 Å². The van der Waals surface area contributed by atoms with Gasteiger partial charge in [0, 0.05) is 24.2 Å². The lowest BCUT2D eigenvalue weighted by molar-refractivity contribution is 0.315. The SMILES string of the molecule is CC1(C)CCCN(S(=O)(=O)c2cc(N)cs2)CC1. The first-order chi connectivity index (χ1) is 8.31. The van der Waals surface area contributed by atoms with Crippen LogP contribution < -0.4 is 5.73 Å². The predicted octanol–water partition coefficient (Wildman–Crippen LogP) is 2.53. The number of rotatable bonds is 2. The van der Waals surface area contributed by atoms with Crippen molar-refractivity contribution in [1.29, 1.82) is 0 Å². The van der Waals surface area contributed by atoms with Crippen molar-refractivity contribution in [1.82, 2.24) is 4.31 Å². The molecular weight excluding hydrogens is 268 g/mol. The molecule has 0 bridgehead atoms. The molecule has 0 saturated carbocycles. The van der Waals surface area contributed by atoms with Gasteiger partial charge in [-0.15, -0.1) is 11.3 Å². The van der Waals surface area contributed by atoms with E-state index in [2.05, 4.69) is 13.8 Å². The molecule has 18 heavy (non-hydrogen) atoms. The summed E-state index contributed by atoms with van der Waals surface area (Å²) in [6.45, 7) is 5.62. The molecule has 1 aliphatic rings. The van der Waals surface area contributed by atoms with E-state index in [-0.39, 0.29) is 5.41 Å². The van der Waals surface area contributed by atoms with Crippen molar-refractivity contribution in [2.24, 2.45) is 5.41 Å². The van der Waals surface area contributed by atoms with E-state index in [1.807, 2.05) is 0 Å². The fourth-order valence-electron chi connectivity index (χ4n) is 2.23. The van der Waals surface area contributed by atoms with E-state index >= 15 is 0 Å². The summed E-state index contributed by atoms with van der Waals surface area (Å²) in [5.41, 5.74) is 6.36. The van der Waals surface area contributed by atoms with Gasteiger partial charge in [-0.05, 0) is 30.7 Å². The Bertz CT molecular complexity index is 520. The van der Waals surface area contributed by atoms with Crippen LogP contribution in [0.4, 0.5) is 5.69 Å². The van der Waals surface area contributed by atoms with E-state index in [1.54, 1.807) is 15.8 Å². The van der Waals surface area contributed by atoms with Crippen LogP contribution in [0.15, 0.2) is 15.7 Å². The first kappa shape index (κ1) is 13.8. The maximum atomic E-state index is 12.4. The number of sulfonamides is 1. The van der Waals surface area contributed by atoms with Crippen molar-refractivity contribution in [3.05, 3.63) is 11.4 Å². The second-order valence-electron chi connectivity index (χ2n) is 5.62. The summed E-state index contributed by atoms with van der Waals surface area (Å²) in [7, 11) is -3.34. The molecule has 1 aliphatic heterocycles. The molecule has 0 atom stereocenters. The predicted molar refractivity (Wildman–Crippen MR) is 75.1 cm³/mol. The van der Waals surface area contributed by atoms with Gasteiger partial charge in [0.05, 0.1) is 0 Å². The zero-order valence-corrected chi connectivity index (χ0v) is 12.5. The molecule has 0 aliphatic carbocycles. The minimum atomic E-state index is -3.34. The molecule has 0 unspecified atom stereocenters. The van der Waals surface area contributed by atoms with Gasteiger partial charge >= 0.3 is 0 Å². The quantitative estimate of drug-likeness (QED) is 0.909. The van der Waals surface area contributed by atoms with Crippen molar-refractivity contribution in [3.8, 4) is 0 Å². The number of thiophene rings is 1. The van der Waals surface area contributed by atoms with Gasteiger partial charge in [0.2, 0.25) is 0 Å². The Labute approximate surface area is 113 Å². The average molecular weight is 288 g/mol. The maximum absolute atomic E-state index is 12.4. The Morgan fingerprint density at radius 1 is 1.33 bits per heavy atom. The molecule has 1 aromatic rings. The number of hydrogen-bond donors (Lipinski definition) is 1. The van der Waals surface area contributed by atoms with Gasteiger partial charge in [-0.25, -0.2) is 8.42 Å². The molecule has 1 saturated heterocycles. The first-order valence-electron chi connectivity index (χ1n) is 6.15. The molecule has 0 aromatic carbocycles. The molecule has 0 spiro atoms. The summed E-state index contributed by atoms with van der Waals surface area (Å²) in [5.74, 6) is 0. The average Bonchev–Trinajstić information content (AvgIpc) is 2.61. The summed E-state index contributed by atoms with van der Waals surface area (Å²) >= 11 is 1.20. The van der Waals surface area contributed by atoms with E-state index in [1.165, 1.54) is 11.3 Å². The van der Waals surface area contributed by atoms with Gasteiger partial charge < -0.3 is 5.73 Å². The lowest BCUT2D eigenvalue weighted by atomic mass is 9.85. The van der Waals surface area contributed by atoms with Crippen molar-refractivity contribution in [3.63, 3.8) is 0 Å². The molecule has 6 heteroatoms. The highest BCUT2D eigenvalue weighted by Gasteiger charge is 2.31. The minimum Gasteiger partial charge on any atom is -0.398 e. The molecule has 2 heterocycles. The smallest absolute Gasteiger partial charge is 0.252 e. The van der Waals surface area contributed by atoms with Gasteiger partial charge in [-0.3, -0.25) is 0 Å². The molecule has 0 radical (unpaired) electrons. The van der Waals surface area contributed by atoms with Crippen LogP contribution in [-0.4, -0.2) is 25.8 Å². The highest BCUT2D eigenvalue weighted by molar-refractivity contribution is 7.91. The summed E-state index contributed by atoms with van der Waals surface area (Å²) in [5, 5.41) is 1.68. The second-order valence-corrected chi connectivity index (χ2v) is 8.70. The Balaban J connectivity index is 2.21. The van der Waals surface area contributed by atoms with Crippen LogP contribution in [0.2, 0.25) is 0 Å². The van der Waals surface area contributed by atoms with Crippen LogP contribution in [0.3, 0.4) is 0 Å². The summed E-state index contributed by atoms with van der Waals surface area (Å²) in [6.07, 6.45) is 2.91. The van der Waals surface area contributed by atoms with E-state index in [0.29, 0.717) is 23.0 Å². The fraction of sp³-hybridized carbons (Fsp3) is 0.667. The topological polar surface area (TPSA) is 63.4 Å². The number of nitrogens with zero attached hydrogens (tertiary/aromatic N) is 1. The highest BCUT2D eigenvalue weighted by atomic mass is 32.2. The van der Waals surface area contributed by atoms with Crippen molar-refractivity contribution < 1.29 is 8.42 Å². The number of hydrogen-bond acceptors (Lipinski definition) is 4. The standard InChI is InChI=1S/C12H20N2O2S2/c1-12(2)4-3-6-14(7-5-12)18(15,16)11-8-10(13)9-17-11/h8-9H,3-7,13H2,1-2H3. The van der Waals surface area contributed by atoms with Crippen LogP contribution in [-0.2, 0) is 10.0 Å². The van der Waals surface area contributed by atoms with Gasteiger partial charge in [0.25, 0.3) is 10.0 Å². The third-order valence-electron chi connectivity index (χ3n) is 3.49. The maximum Gasteiger partial charge on any atom is 0.252 e. The van der Waals surface area contributed by atoms with Gasteiger partial charge in [-0.2, -0.15) is 4.31 Å². The van der Waals surface area contributed by atoms with Crippen molar-refractivity contribution >= 4 is 27.0 Å². The van der Waals surface area contributed by atoms with E-state index < -0.39 is 10.0 Å². The Hall–Kier alpha value is -0.590. The highest BCUT2D eigenvalue weighted by Crippen LogP contribution is 2.33. The lowest BCUT2D eigenvalue weighted by Crippen LogP contribution is -2.32. The third kappa shape index (κ3) is 2.87. The summed E-state index contributed by atoms with van der Waals surface area (Å²) in [6, 6.07) is 1.55. The molecule has 2 rings (SSSR count). The number of anilines is 1. The largest absolute Gasteiger partial charge is 0.398 e. The number of nitrogen functional groups attached to an aromatic ring is 1. The molecule has 0 amide bonds. The van der Waals surface area contributed by atoms with Crippen LogP contribution in [0.25, 0.3) is 0 Å². The zero-order valence-electron chi connectivity index (χ0n) is 10.8. The lowest BCUT2D eigenvalue weighted by Gasteiger charge is -2.22. The van der Waals surface area contributed by atoms with Crippen molar-refractivity contribution in [2.75, 3.05) is 18.8 Å². The van der Waals surface area contributed by atoms with E-state index in [0.717, 1.165) is 19.3 Å². The van der Waals surface area contributed by atoms with Crippen LogP contribution in [0.5, 0.6) is 0 Å². The fourth-order valence-corrected chi connectivity index (χ4v) is 4.94. The normalized spacial score (nSPS) is 21.7. The summed E-state index contributed by atoms with van der Waals surface area (Å²) in [4.78, 5) is 0. The van der Waals surface area contributed by atoms with Crippen LogP contribution in [0.1, 0.15) is 33.1 Å². The van der Waals surface area contributed by atoms with Gasteiger partial charge in [0.15, 0.2) is 0 Å².